The van der Waals surface area contributed by atoms with E-state index in [0.29, 0.717) is 17.9 Å². The molecule has 1 aliphatic heterocycles. The maximum atomic E-state index is 12.8. The molecule has 1 aliphatic rings. The van der Waals surface area contributed by atoms with Crippen molar-refractivity contribution < 1.29 is 14.3 Å². The fraction of sp³-hybridized carbons (Fsp3) is 0.533. The number of piperidine rings is 1. The van der Waals surface area contributed by atoms with E-state index in [0.717, 1.165) is 25.9 Å². The SMILES string of the molecule is Cl.O=C(CC1CCNCC1)NCC(O)c1ccc(F)cc1. The zero-order valence-corrected chi connectivity index (χ0v) is 12.7. The largest absolute Gasteiger partial charge is 0.387 e. The molecule has 0 radical (unpaired) electrons. The number of hydrogen-bond acceptors (Lipinski definition) is 3. The summed E-state index contributed by atoms with van der Waals surface area (Å²) in [5.74, 6) is 0.0631. The molecule has 1 amide bonds. The molecule has 0 aromatic heterocycles. The molecular weight excluding hydrogens is 295 g/mol. The average molecular weight is 317 g/mol. The quantitative estimate of drug-likeness (QED) is 0.776. The van der Waals surface area contributed by atoms with Crippen LogP contribution < -0.4 is 10.6 Å². The van der Waals surface area contributed by atoms with Crippen LogP contribution in [0.3, 0.4) is 0 Å². The van der Waals surface area contributed by atoms with Crippen LogP contribution in [-0.4, -0.2) is 30.6 Å². The van der Waals surface area contributed by atoms with E-state index >= 15 is 0 Å². The molecule has 2 rings (SSSR count). The number of rotatable bonds is 5. The molecule has 1 aromatic carbocycles. The van der Waals surface area contributed by atoms with Crippen LogP contribution in [0.25, 0.3) is 0 Å². The van der Waals surface area contributed by atoms with Crippen LogP contribution in [0.4, 0.5) is 4.39 Å². The lowest BCUT2D eigenvalue weighted by molar-refractivity contribution is -0.122. The van der Waals surface area contributed by atoms with E-state index in [9.17, 15) is 14.3 Å². The van der Waals surface area contributed by atoms with Crippen LogP contribution >= 0.6 is 12.4 Å². The minimum absolute atomic E-state index is 0. The predicted octanol–water partition coefficient (Wildman–Crippen LogP) is 1.79. The van der Waals surface area contributed by atoms with Crippen molar-refractivity contribution in [2.75, 3.05) is 19.6 Å². The van der Waals surface area contributed by atoms with E-state index in [1.807, 2.05) is 0 Å². The second-order valence-electron chi connectivity index (χ2n) is 5.27. The van der Waals surface area contributed by atoms with Gasteiger partial charge in [-0.3, -0.25) is 4.79 Å². The van der Waals surface area contributed by atoms with Crippen molar-refractivity contribution in [1.29, 1.82) is 0 Å². The molecule has 0 aliphatic carbocycles. The lowest BCUT2D eigenvalue weighted by Crippen LogP contribution is -2.33. The van der Waals surface area contributed by atoms with Gasteiger partial charge in [0, 0.05) is 13.0 Å². The molecule has 1 fully saturated rings. The highest BCUT2D eigenvalue weighted by atomic mass is 35.5. The number of benzene rings is 1. The van der Waals surface area contributed by atoms with Gasteiger partial charge in [0.1, 0.15) is 5.82 Å². The Bertz CT molecular complexity index is 436. The van der Waals surface area contributed by atoms with Gasteiger partial charge in [-0.15, -0.1) is 12.4 Å². The van der Waals surface area contributed by atoms with Gasteiger partial charge in [0.25, 0.3) is 0 Å². The van der Waals surface area contributed by atoms with Gasteiger partial charge in [-0.25, -0.2) is 4.39 Å². The van der Waals surface area contributed by atoms with Gasteiger partial charge in [-0.05, 0) is 49.5 Å². The summed E-state index contributed by atoms with van der Waals surface area (Å²) < 4.78 is 12.8. The van der Waals surface area contributed by atoms with Gasteiger partial charge in [0.05, 0.1) is 6.10 Å². The molecule has 0 spiro atoms. The molecule has 1 atom stereocenters. The Morgan fingerprint density at radius 3 is 2.57 bits per heavy atom. The fourth-order valence-corrected chi connectivity index (χ4v) is 2.43. The molecular formula is C15H22ClFN2O2. The molecule has 0 saturated carbocycles. The topological polar surface area (TPSA) is 61.4 Å². The van der Waals surface area contributed by atoms with Gasteiger partial charge in [0.15, 0.2) is 0 Å². The summed E-state index contributed by atoms with van der Waals surface area (Å²) in [6.45, 7) is 2.10. The minimum atomic E-state index is -0.799. The Hall–Kier alpha value is -1.17. The first-order chi connectivity index (χ1) is 9.65. The number of amides is 1. The number of carbonyl (C=O) groups is 1. The number of aliphatic hydroxyl groups is 1. The molecule has 1 unspecified atom stereocenters. The number of carbonyl (C=O) groups excluding carboxylic acids is 1. The number of hydrogen-bond donors (Lipinski definition) is 3. The van der Waals surface area contributed by atoms with Gasteiger partial charge >= 0.3 is 0 Å². The summed E-state index contributed by atoms with van der Waals surface area (Å²) in [5.41, 5.74) is 0.605. The molecule has 1 aromatic rings. The highest BCUT2D eigenvalue weighted by Crippen LogP contribution is 2.16. The summed E-state index contributed by atoms with van der Waals surface area (Å²) in [6, 6.07) is 5.66. The summed E-state index contributed by atoms with van der Waals surface area (Å²) in [4.78, 5) is 11.8. The van der Waals surface area contributed by atoms with Gasteiger partial charge in [-0.1, -0.05) is 12.1 Å². The standard InChI is InChI=1S/C15H21FN2O2.ClH/c16-13-3-1-12(2-4-13)14(19)10-18-15(20)9-11-5-7-17-8-6-11;/h1-4,11,14,17,19H,5-10H2,(H,18,20);1H. The number of nitrogens with one attached hydrogen (secondary N) is 2. The summed E-state index contributed by atoms with van der Waals surface area (Å²) in [5, 5.41) is 15.9. The first-order valence-corrected chi connectivity index (χ1v) is 7.06. The van der Waals surface area contributed by atoms with Crippen molar-refractivity contribution in [1.82, 2.24) is 10.6 Å². The minimum Gasteiger partial charge on any atom is -0.387 e. The fourth-order valence-electron chi connectivity index (χ4n) is 2.43. The lowest BCUT2D eigenvalue weighted by Gasteiger charge is -2.22. The Morgan fingerprint density at radius 2 is 1.95 bits per heavy atom. The summed E-state index contributed by atoms with van der Waals surface area (Å²) in [6.07, 6.45) is 1.76. The summed E-state index contributed by atoms with van der Waals surface area (Å²) >= 11 is 0. The van der Waals surface area contributed by atoms with Crippen molar-refractivity contribution in [3.05, 3.63) is 35.6 Å². The zero-order valence-electron chi connectivity index (χ0n) is 11.8. The Balaban J connectivity index is 0.00000220. The first-order valence-electron chi connectivity index (χ1n) is 7.06. The molecule has 1 saturated heterocycles. The third-order valence-corrected chi connectivity index (χ3v) is 3.68. The monoisotopic (exact) mass is 316 g/mol. The predicted molar refractivity (Wildman–Crippen MR) is 81.8 cm³/mol. The van der Waals surface area contributed by atoms with Gasteiger partial charge in [-0.2, -0.15) is 0 Å². The van der Waals surface area contributed by atoms with Crippen LogP contribution in [0.5, 0.6) is 0 Å². The maximum absolute atomic E-state index is 12.8. The Morgan fingerprint density at radius 1 is 1.33 bits per heavy atom. The van der Waals surface area contributed by atoms with Crippen LogP contribution in [-0.2, 0) is 4.79 Å². The van der Waals surface area contributed by atoms with E-state index < -0.39 is 6.10 Å². The van der Waals surface area contributed by atoms with Crippen molar-refractivity contribution >= 4 is 18.3 Å². The number of aliphatic hydroxyl groups excluding tert-OH is 1. The molecule has 4 nitrogen and oxygen atoms in total. The average Bonchev–Trinajstić information content (AvgIpc) is 2.46. The van der Waals surface area contributed by atoms with Crippen LogP contribution in [0.15, 0.2) is 24.3 Å². The molecule has 6 heteroatoms. The van der Waals surface area contributed by atoms with Crippen LogP contribution in [0.1, 0.15) is 30.9 Å². The molecule has 21 heavy (non-hydrogen) atoms. The molecule has 0 bridgehead atoms. The van der Waals surface area contributed by atoms with Crippen LogP contribution in [0.2, 0.25) is 0 Å². The Labute approximate surface area is 130 Å². The smallest absolute Gasteiger partial charge is 0.220 e. The zero-order chi connectivity index (χ0) is 14.4. The highest BCUT2D eigenvalue weighted by molar-refractivity contribution is 5.85. The van der Waals surface area contributed by atoms with Gasteiger partial charge < -0.3 is 15.7 Å². The van der Waals surface area contributed by atoms with Crippen molar-refractivity contribution in [2.45, 2.75) is 25.4 Å². The van der Waals surface area contributed by atoms with E-state index in [4.69, 9.17) is 0 Å². The molecule has 118 valence electrons. The lowest BCUT2D eigenvalue weighted by atomic mass is 9.94. The third kappa shape index (κ3) is 5.99. The van der Waals surface area contributed by atoms with E-state index in [-0.39, 0.29) is 30.7 Å². The Kier molecular flexibility index (Phi) is 7.64. The van der Waals surface area contributed by atoms with E-state index in [1.54, 1.807) is 0 Å². The van der Waals surface area contributed by atoms with E-state index in [1.165, 1.54) is 24.3 Å². The van der Waals surface area contributed by atoms with Gasteiger partial charge in [0.2, 0.25) is 5.91 Å². The second kappa shape index (κ2) is 8.97. The van der Waals surface area contributed by atoms with Crippen molar-refractivity contribution in [3.8, 4) is 0 Å². The maximum Gasteiger partial charge on any atom is 0.220 e. The first kappa shape index (κ1) is 17.9. The van der Waals surface area contributed by atoms with E-state index in [2.05, 4.69) is 10.6 Å². The van der Waals surface area contributed by atoms with Crippen molar-refractivity contribution in [3.63, 3.8) is 0 Å². The highest BCUT2D eigenvalue weighted by Gasteiger charge is 2.17. The number of halogens is 2. The second-order valence-corrected chi connectivity index (χ2v) is 5.27. The van der Waals surface area contributed by atoms with Crippen molar-refractivity contribution in [2.24, 2.45) is 5.92 Å². The normalized spacial score (nSPS) is 16.9. The molecule has 3 N–H and O–H groups in total. The van der Waals surface area contributed by atoms with Crippen LogP contribution in [0, 0.1) is 11.7 Å². The third-order valence-electron chi connectivity index (χ3n) is 3.68. The summed E-state index contributed by atoms with van der Waals surface area (Å²) in [7, 11) is 0. The molecule has 1 heterocycles.